The van der Waals surface area contributed by atoms with E-state index in [1.54, 1.807) is 0 Å². The first-order valence-electron chi connectivity index (χ1n) is 10.4. The lowest BCUT2D eigenvalue weighted by Gasteiger charge is -2.38. The molecule has 3 atom stereocenters. The topological polar surface area (TPSA) is 38.8 Å². The van der Waals surface area contributed by atoms with Crippen LogP contribution in [0.25, 0.3) is 0 Å². The first-order valence-corrected chi connectivity index (χ1v) is 13.3. The third-order valence-corrected chi connectivity index (χ3v) is 10.5. The van der Waals surface area contributed by atoms with Crippen molar-refractivity contribution in [3.05, 3.63) is 23.8 Å². The Bertz CT molecular complexity index is 542. The highest BCUT2D eigenvalue weighted by Crippen LogP contribution is 2.42. The van der Waals surface area contributed by atoms with Crippen LogP contribution in [0.4, 0.5) is 0 Å². The maximum Gasteiger partial charge on any atom is 0.194 e. The monoisotopic (exact) mass is 378 g/mol. The number of carbonyl (C=O) groups excluding carboxylic acids is 1. The molecule has 0 N–H and O–H groups in total. The number of epoxide rings is 1. The van der Waals surface area contributed by atoms with Crippen molar-refractivity contribution in [3.8, 4) is 0 Å². The predicted octanol–water partition coefficient (Wildman–Crippen LogP) is 5.96. The largest absolute Gasteiger partial charge is 0.408 e. The van der Waals surface area contributed by atoms with Gasteiger partial charge in [-0.15, -0.1) is 0 Å². The fourth-order valence-corrected chi connectivity index (χ4v) is 4.35. The lowest BCUT2D eigenvalue weighted by atomic mass is 9.95. The van der Waals surface area contributed by atoms with Crippen molar-refractivity contribution in [2.24, 2.45) is 0 Å². The Morgan fingerprint density at radius 1 is 1.15 bits per heavy atom. The minimum absolute atomic E-state index is 0.0626. The van der Waals surface area contributed by atoms with Gasteiger partial charge in [0.05, 0.1) is 6.10 Å². The number of carbonyl (C=O) groups is 1. The highest BCUT2D eigenvalue weighted by atomic mass is 28.4. The molecule has 26 heavy (non-hydrogen) atoms. The van der Waals surface area contributed by atoms with Crippen LogP contribution in [0.15, 0.2) is 23.8 Å². The predicted molar refractivity (Wildman–Crippen MR) is 111 cm³/mol. The zero-order chi connectivity index (χ0) is 19.4. The number of ketones is 1. The first kappa shape index (κ1) is 21.6. The Kier molecular flexibility index (Phi) is 7.46. The second kappa shape index (κ2) is 8.98. The molecule has 1 aliphatic heterocycles. The fourth-order valence-electron chi connectivity index (χ4n) is 3.11. The number of unbranched alkanes of at least 4 members (excludes halogenated alkanes) is 6. The van der Waals surface area contributed by atoms with Crippen LogP contribution in [0.3, 0.4) is 0 Å². The van der Waals surface area contributed by atoms with Crippen molar-refractivity contribution in [2.75, 3.05) is 0 Å². The molecule has 4 heteroatoms. The molecule has 0 aromatic rings. The second-order valence-electron chi connectivity index (χ2n) is 9.31. The van der Waals surface area contributed by atoms with Crippen molar-refractivity contribution >= 4 is 14.1 Å². The molecule has 0 radical (unpaired) electrons. The molecule has 0 aromatic carbocycles. The molecule has 1 aliphatic carbocycles. The molecular formula is C22H38O3Si. The molecule has 1 heterocycles. The van der Waals surface area contributed by atoms with Crippen molar-refractivity contribution in [2.45, 2.75) is 109 Å². The smallest absolute Gasteiger partial charge is 0.194 e. The van der Waals surface area contributed by atoms with Crippen LogP contribution in [0.2, 0.25) is 18.1 Å². The fraction of sp³-hybridized carbons (Fsp3) is 0.773. The van der Waals surface area contributed by atoms with Crippen LogP contribution >= 0.6 is 0 Å². The number of Topliss-reactive ketones (excluding diaryl/α,β-unsaturated/α-hetero) is 1. The number of allylic oxidation sites excluding steroid dienone is 2. The van der Waals surface area contributed by atoms with Gasteiger partial charge in [-0.1, -0.05) is 72.0 Å². The van der Waals surface area contributed by atoms with Gasteiger partial charge in [0.2, 0.25) is 0 Å². The zero-order valence-corrected chi connectivity index (χ0v) is 18.6. The van der Waals surface area contributed by atoms with Crippen LogP contribution < -0.4 is 0 Å². The standard InChI is InChI=1S/C22H38O3Si/c1-7-8-9-10-11-12-13-14-15-17-16-18(20-21(24-20)19(17)23)25-26(5,6)22(2,3)4/h14-16,18,20-21H,7-13H2,1-6H3/b15-14+/t18-,20+,21-/m1/s1. The van der Waals surface area contributed by atoms with Crippen LogP contribution in [-0.4, -0.2) is 32.4 Å². The van der Waals surface area contributed by atoms with Crippen molar-refractivity contribution in [3.63, 3.8) is 0 Å². The van der Waals surface area contributed by atoms with Gasteiger partial charge in [-0.2, -0.15) is 0 Å². The van der Waals surface area contributed by atoms with E-state index in [1.807, 2.05) is 12.2 Å². The van der Waals surface area contributed by atoms with Crippen molar-refractivity contribution < 1.29 is 14.0 Å². The summed E-state index contributed by atoms with van der Waals surface area (Å²) in [5, 5.41) is 0.153. The summed E-state index contributed by atoms with van der Waals surface area (Å²) >= 11 is 0. The third kappa shape index (κ3) is 5.64. The maximum absolute atomic E-state index is 12.4. The molecule has 0 unspecified atom stereocenters. The van der Waals surface area contributed by atoms with E-state index in [0.29, 0.717) is 0 Å². The molecule has 0 saturated carbocycles. The third-order valence-electron chi connectivity index (χ3n) is 5.99. The summed E-state index contributed by atoms with van der Waals surface area (Å²) < 4.78 is 12.1. The summed E-state index contributed by atoms with van der Waals surface area (Å²) in [4.78, 5) is 12.4. The molecule has 148 valence electrons. The van der Waals surface area contributed by atoms with Gasteiger partial charge < -0.3 is 9.16 Å². The summed E-state index contributed by atoms with van der Waals surface area (Å²) in [6.45, 7) is 13.5. The molecule has 0 amide bonds. The molecule has 0 spiro atoms. The van der Waals surface area contributed by atoms with Gasteiger partial charge in [0, 0.05) is 5.57 Å². The SMILES string of the molecule is CCCCCCCC/C=C/C1=C[C@@H](O[Si](C)(C)C(C)(C)C)[C@@H]2O[C@@H]2C1=O. The number of hydrogen-bond acceptors (Lipinski definition) is 3. The minimum atomic E-state index is -1.88. The average molecular weight is 379 g/mol. The molecule has 0 aromatic heterocycles. The average Bonchev–Trinajstić information content (AvgIpc) is 3.34. The lowest BCUT2D eigenvalue weighted by Crippen LogP contribution is -2.46. The number of ether oxygens (including phenoxy) is 1. The summed E-state index contributed by atoms with van der Waals surface area (Å²) in [5.41, 5.74) is 0.776. The summed E-state index contributed by atoms with van der Waals surface area (Å²) in [5.74, 6) is 0.129. The van der Waals surface area contributed by atoms with E-state index in [4.69, 9.17) is 9.16 Å². The first-order chi connectivity index (χ1) is 12.2. The Balaban J connectivity index is 1.88. The molecule has 2 rings (SSSR count). The van der Waals surface area contributed by atoms with E-state index in [9.17, 15) is 4.79 Å². The van der Waals surface area contributed by atoms with E-state index >= 15 is 0 Å². The van der Waals surface area contributed by atoms with Crippen LogP contribution in [0.5, 0.6) is 0 Å². The Hall–Kier alpha value is -0.713. The van der Waals surface area contributed by atoms with Gasteiger partial charge >= 0.3 is 0 Å². The normalized spacial score (nSPS) is 26.2. The molecule has 1 saturated heterocycles. The van der Waals surface area contributed by atoms with E-state index in [1.165, 1.54) is 38.5 Å². The van der Waals surface area contributed by atoms with Gasteiger partial charge in [-0.25, -0.2) is 0 Å². The van der Waals surface area contributed by atoms with E-state index in [2.05, 4.69) is 46.9 Å². The maximum atomic E-state index is 12.4. The van der Waals surface area contributed by atoms with Gasteiger partial charge in [0.15, 0.2) is 14.1 Å². The van der Waals surface area contributed by atoms with Gasteiger partial charge in [0.1, 0.15) is 12.2 Å². The van der Waals surface area contributed by atoms with Crippen molar-refractivity contribution in [1.29, 1.82) is 0 Å². The molecule has 3 nitrogen and oxygen atoms in total. The van der Waals surface area contributed by atoms with Crippen LogP contribution in [0, 0.1) is 0 Å². The lowest BCUT2D eigenvalue weighted by molar-refractivity contribution is -0.116. The minimum Gasteiger partial charge on any atom is -0.408 e. The van der Waals surface area contributed by atoms with Crippen molar-refractivity contribution in [1.82, 2.24) is 0 Å². The molecular weight excluding hydrogens is 340 g/mol. The van der Waals surface area contributed by atoms with E-state index in [-0.39, 0.29) is 29.1 Å². The molecule has 1 fully saturated rings. The summed E-state index contributed by atoms with van der Waals surface area (Å²) in [6.07, 6.45) is 14.6. The quantitative estimate of drug-likeness (QED) is 0.267. The number of rotatable bonds is 10. The number of fused-ring (bicyclic) bond motifs is 1. The molecule has 0 bridgehead atoms. The van der Waals surface area contributed by atoms with E-state index < -0.39 is 8.32 Å². The van der Waals surface area contributed by atoms with E-state index in [0.717, 1.165) is 12.0 Å². The Morgan fingerprint density at radius 3 is 2.46 bits per heavy atom. The highest BCUT2D eigenvalue weighted by Gasteiger charge is 2.55. The molecule has 2 aliphatic rings. The van der Waals surface area contributed by atoms with Gasteiger partial charge in [0.25, 0.3) is 0 Å². The van der Waals surface area contributed by atoms with Gasteiger partial charge in [-0.05, 0) is 37.0 Å². The van der Waals surface area contributed by atoms with Gasteiger partial charge in [-0.3, -0.25) is 4.79 Å². The zero-order valence-electron chi connectivity index (χ0n) is 17.6. The highest BCUT2D eigenvalue weighted by molar-refractivity contribution is 6.74. The Labute approximate surface area is 161 Å². The summed E-state index contributed by atoms with van der Waals surface area (Å²) in [6, 6.07) is 0. The summed E-state index contributed by atoms with van der Waals surface area (Å²) in [7, 11) is -1.88. The van der Waals surface area contributed by atoms with Crippen LogP contribution in [-0.2, 0) is 14.0 Å². The Morgan fingerprint density at radius 2 is 1.81 bits per heavy atom. The number of hydrogen-bond donors (Lipinski definition) is 0. The van der Waals surface area contributed by atoms with Crippen LogP contribution in [0.1, 0.15) is 72.6 Å². The second-order valence-corrected chi connectivity index (χ2v) is 14.1.